The van der Waals surface area contributed by atoms with Gasteiger partial charge in [-0.1, -0.05) is 38.1 Å². The lowest BCUT2D eigenvalue weighted by Gasteiger charge is -2.56. The van der Waals surface area contributed by atoms with Crippen molar-refractivity contribution in [1.29, 1.82) is 0 Å². The molecule has 3 aliphatic heterocycles. The lowest BCUT2D eigenvalue weighted by molar-refractivity contribution is -0.144. The molecule has 5 rings (SSSR count). The van der Waals surface area contributed by atoms with Gasteiger partial charge in [0.2, 0.25) is 5.79 Å². The Hall–Kier alpha value is -3.85. The molecule has 0 aliphatic carbocycles. The number of nitrogens with zero attached hydrogens (tertiary/aromatic N) is 3. The first-order chi connectivity index (χ1) is 15.2. The number of hydrogen-bond donors (Lipinski definition) is 3. The number of fused-ring (bicyclic) bond motifs is 2. The zero-order valence-corrected chi connectivity index (χ0v) is 17.9. The predicted molar refractivity (Wildman–Crippen MR) is 117 cm³/mol. The zero-order valence-electron chi connectivity index (χ0n) is 17.9. The molecule has 32 heavy (non-hydrogen) atoms. The number of aliphatic hydroxyl groups excluding tert-OH is 1. The summed E-state index contributed by atoms with van der Waals surface area (Å²) in [5.41, 5.74) is 0.141. The fourth-order valence-electron chi connectivity index (χ4n) is 5.29. The average Bonchev–Trinajstić information content (AvgIpc) is 3.44. The summed E-state index contributed by atoms with van der Waals surface area (Å²) < 4.78 is 0. The molecule has 0 radical (unpaired) electrons. The van der Waals surface area contributed by atoms with Gasteiger partial charge in [-0.3, -0.25) is 19.3 Å². The van der Waals surface area contributed by atoms with Gasteiger partial charge in [0.25, 0.3) is 11.8 Å². The van der Waals surface area contributed by atoms with Gasteiger partial charge in [-0.2, -0.15) is 0 Å². The number of para-hydroxylation sites is 1. The first kappa shape index (κ1) is 20.1. The molecule has 2 amide bonds. The molecule has 1 aromatic carbocycles. The third-order valence-electron chi connectivity index (χ3n) is 6.77. The van der Waals surface area contributed by atoms with E-state index in [0.717, 1.165) is 5.56 Å². The number of allylic oxidation sites excluding steroid dienone is 1. The minimum atomic E-state index is -1.52. The van der Waals surface area contributed by atoms with Crippen LogP contribution >= 0.6 is 0 Å². The van der Waals surface area contributed by atoms with Crippen LogP contribution in [-0.4, -0.2) is 44.7 Å². The number of hydrogen-bond acceptors (Lipinski definition) is 6. The third kappa shape index (κ3) is 2.08. The van der Waals surface area contributed by atoms with Gasteiger partial charge in [-0.15, -0.1) is 6.58 Å². The zero-order chi connectivity index (χ0) is 22.9. The first-order valence-electron chi connectivity index (χ1n) is 10.1. The van der Waals surface area contributed by atoms with Gasteiger partial charge in [0.05, 0.1) is 36.4 Å². The summed E-state index contributed by atoms with van der Waals surface area (Å²) in [6.45, 7) is 7.91. The van der Waals surface area contributed by atoms with Crippen LogP contribution in [0.15, 0.2) is 67.0 Å². The molecule has 9 heteroatoms. The number of rotatable bonds is 4. The number of imidazole rings is 1. The highest BCUT2D eigenvalue weighted by Crippen LogP contribution is 2.64. The van der Waals surface area contributed by atoms with Gasteiger partial charge in [-0.05, 0) is 23.8 Å². The highest BCUT2D eigenvalue weighted by molar-refractivity contribution is 6.10. The van der Waals surface area contributed by atoms with Crippen LogP contribution in [0.3, 0.4) is 0 Å². The largest absolute Gasteiger partial charge is 0.503 e. The highest BCUT2D eigenvalue weighted by atomic mass is 16.7. The fourth-order valence-corrected chi connectivity index (χ4v) is 5.29. The predicted octanol–water partition coefficient (Wildman–Crippen LogP) is 2.35. The van der Waals surface area contributed by atoms with Crippen molar-refractivity contribution in [3.63, 3.8) is 0 Å². The van der Waals surface area contributed by atoms with Crippen LogP contribution in [0.2, 0.25) is 0 Å². The molecule has 1 saturated heterocycles. The maximum absolute atomic E-state index is 13.4. The van der Waals surface area contributed by atoms with Crippen LogP contribution in [0.5, 0.6) is 0 Å². The molecule has 2 atom stereocenters. The van der Waals surface area contributed by atoms with E-state index in [-0.39, 0.29) is 5.70 Å². The van der Waals surface area contributed by atoms with Gasteiger partial charge in [-0.25, -0.2) is 10.0 Å². The Kier molecular flexibility index (Phi) is 3.97. The Labute approximate surface area is 184 Å². The van der Waals surface area contributed by atoms with E-state index in [1.165, 1.54) is 41.7 Å². The highest BCUT2D eigenvalue weighted by Gasteiger charge is 2.76. The van der Waals surface area contributed by atoms with E-state index in [1.54, 1.807) is 6.08 Å². The van der Waals surface area contributed by atoms with E-state index >= 15 is 0 Å². The van der Waals surface area contributed by atoms with Crippen molar-refractivity contribution in [1.82, 2.24) is 20.2 Å². The number of hydroxylamine groups is 1. The molecule has 1 fully saturated rings. The second-order valence-electron chi connectivity index (χ2n) is 8.56. The third-order valence-corrected chi connectivity index (χ3v) is 6.77. The quantitative estimate of drug-likeness (QED) is 0.504. The van der Waals surface area contributed by atoms with E-state index in [9.17, 15) is 14.7 Å². The number of H-pyrrole nitrogens is 1. The Morgan fingerprint density at radius 1 is 1.28 bits per heavy atom. The van der Waals surface area contributed by atoms with Crippen LogP contribution in [-0.2, 0) is 19.8 Å². The summed E-state index contributed by atoms with van der Waals surface area (Å²) in [6, 6.07) is 7.47. The van der Waals surface area contributed by atoms with E-state index < -0.39 is 34.2 Å². The van der Waals surface area contributed by atoms with Gasteiger partial charge in [0.1, 0.15) is 5.70 Å². The molecule has 3 aliphatic rings. The smallest absolute Gasteiger partial charge is 0.296 e. The van der Waals surface area contributed by atoms with E-state index in [4.69, 9.17) is 4.84 Å². The second kappa shape index (κ2) is 6.33. The molecule has 164 valence electrons. The van der Waals surface area contributed by atoms with E-state index in [1.807, 2.05) is 38.1 Å². The molecule has 1 spiro atoms. The second-order valence-corrected chi connectivity index (χ2v) is 8.56. The van der Waals surface area contributed by atoms with E-state index in [2.05, 4.69) is 21.9 Å². The minimum Gasteiger partial charge on any atom is -0.503 e. The van der Waals surface area contributed by atoms with Crippen LogP contribution in [0.4, 0.5) is 5.69 Å². The number of carbonyl (C=O) groups excluding carboxylic acids is 2. The molecule has 3 N–H and O–H groups in total. The fraction of sp³-hybridized carbons (Fsp3) is 0.261. The van der Waals surface area contributed by atoms with Crippen LogP contribution < -0.4 is 10.4 Å². The molecular formula is C23H23N5O4. The number of aromatic amines is 1. The van der Waals surface area contributed by atoms with Gasteiger partial charge >= 0.3 is 0 Å². The number of anilines is 1. The van der Waals surface area contributed by atoms with Gasteiger partial charge in [0.15, 0.2) is 5.76 Å². The summed E-state index contributed by atoms with van der Waals surface area (Å²) in [7, 11) is 1.48. The maximum atomic E-state index is 13.4. The maximum Gasteiger partial charge on any atom is 0.296 e. The molecule has 0 saturated carbocycles. The number of aliphatic hydroxyl groups is 1. The first-order valence-corrected chi connectivity index (χ1v) is 10.1. The Bertz CT molecular complexity index is 1210. The minimum absolute atomic E-state index is 0.0537. The molecule has 0 bridgehead atoms. The van der Waals surface area contributed by atoms with Crippen molar-refractivity contribution < 1.29 is 19.5 Å². The van der Waals surface area contributed by atoms with Crippen molar-refractivity contribution >= 4 is 23.6 Å². The molecule has 9 nitrogen and oxygen atoms in total. The Morgan fingerprint density at radius 3 is 2.69 bits per heavy atom. The topological polar surface area (TPSA) is 111 Å². The normalized spacial score (nSPS) is 27.7. The van der Waals surface area contributed by atoms with Crippen LogP contribution in [0.25, 0.3) is 6.08 Å². The Balaban J connectivity index is 1.91. The van der Waals surface area contributed by atoms with Gasteiger partial charge < -0.3 is 15.4 Å². The van der Waals surface area contributed by atoms with Crippen molar-refractivity contribution in [3.8, 4) is 0 Å². The number of benzene rings is 1. The molecule has 2 aromatic rings. The number of amides is 2. The monoisotopic (exact) mass is 433 g/mol. The number of nitrogens with one attached hydrogen (secondary N) is 2. The van der Waals surface area contributed by atoms with Crippen LogP contribution in [0, 0.1) is 5.41 Å². The average molecular weight is 433 g/mol. The SMILES string of the molecule is C=CC(C)(C)[C@]12C=C(O)C(=O)N3/C(=C\c4cnc[nH]4)C(=O)N[C@]31N(OC)c1ccccc12. The van der Waals surface area contributed by atoms with Gasteiger partial charge in [0, 0.05) is 5.41 Å². The lowest BCUT2D eigenvalue weighted by Crippen LogP contribution is -2.76. The Morgan fingerprint density at radius 2 is 2.03 bits per heavy atom. The van der Waals surface area contributed by atoms with Crippen molar-refractivity contribution in [3.05, 3.63) is 78.2 Å². The number of aromatic nitrogens is 2. The lowest BCUT2D eigenvalue weighted by atomic mass is 9.57. The van der Waals surface area contributed by atoms with Crippen molar-refractivity contribution in [2.24, 2.45) is 5.41 Å². The number of carbonyl (C=O) groups is 2. The molecule has 1 aromatic heterocycles. The van der Waals surface area contributed by atoms with Crippen LogP contribution in [0.1, 0.15) is 25.1 Å². The summed E-state index contributed by atoms with van der Waals surface area (Å²) >= 11 is 0. The standard InChI is InChI=1S/C23H23N5O4/c1-5-21(2,3)22-11-18(29)20(31)27-17(10-14-12-24-13-25-14)19(30)26-23(22,27)28(32-4)16-9-7-6-8-15(16)22/h5-13,29H,1H2,2-4H3,(H,24,25)(H,26,30)/b17-10-/t22-,23+/m1/s1. The summed E-state index contributed by atoms with van der Waals surface area (Å²) in [5.74, 6) is -3.19. The van der Waals surface area contributed by atoms with E-state index in [0.29, 0.717) is 11.4 Å². The van der Waals surface area contributed by atoms with Crippen molar-refractivity contribution in [2.45, 2.75) is 25.0 Å². The summed E-state index contributed by atoms with van der Waals surface area (Å²) in [4.78, 5) is 40.8. The molecule has 4 heterocycles. The van der Waals surface area contributed by atoms with Crippen molar-refractivity contribution in [2.75, 3.05) is 12.2 Å². The molecular weight excluding hydrogens is 410 g/mol. The molecule has 0 unspecified atom stereocenters. The summed E-state index contributed by atoms with van der Waals surface area (Å²) in [5, 5.41) is 15.5. The summed E-state index contributed by atoms with van der Waals surface area (Å²) in [6.07, 6.45) is 7.81.